The predicted octanol–water partition coefficient (Wildman–Crippen LogP) is 3.52. The summed E-state index contributed by atoms with van der Waals surface area (Å²) in [6, 6.07) is 7.66. The molecular weight excluding hydrogens is 280 g/mol. The Morgan fingerprint density at radius 1 is 1.29 bits per heavy atom. The van der Waals surface area contributed by atoms with E-state index in [4.69, 9.17) is 4.74 Å². The van der Waals surface area contributed by atoms with E-state index in [1.807, 2.05) is 12.1 Å². The molecule has 0 amide bonds. The number of rotatable bonds is 6. The molecule has 1 aromatic heterocycles. The number of halogens is 2. The molecule has 0 radical (unpaired) electrons. The molecule has 6 heteroatoms. The summed E-state index contributed by atoms with van der Waals surface area (Å²) in [5.74, 6) is -0.307. The van der Waals surface area contributed by atoms with Crippen LogP contribution in [-0.4, -0.2) is 24.5 Å². The minimum Gasteiger partial charge on any atom is -0.493 e. The largest absolute Gasteiger partial charge is 0.493 e. The van der Waals surface area contributed by atoms with Gasteiger partial charge in [-0.2, -0.15) is 8.78 Å². The first kappa shape index (κ1) is 14.8. The van der Waals surface area contributed by atoms with Gasteiger partial charge in [0.25, 0.3) is 0 Å². The fraction of sp³-hybridized carbons (Fsp3) is 0.133. The number of methoxy groups -OCH3 is 1. The molecule has 0 unspecified atom stereocenters. The molecule has 0 fully saturated rings. The van der Waals surface area contributed by atoms with E-state index >= 15 is 0 Å². The van der Waals surface area contributed by atoms with E-state index in [1.165, 1.54) is 31.4 Å². The minimum absolute atomic E-state index is 0.0782. The SMILES string of the molecule is COc1cc(C(=O)/C=C/c2ccc[nH]2)ccc1OC(F)F. The van der Waals surface area contributed by atoms with Gasteiger partial charge in [-0.15, -0.1) is 0 Å². The maximum absolute atomic E-state index is 12.2. The van der Waals surface area contributed by atoms with Crippen LogP contribution >= 0.6 is 0 Å². The second-order valence-corrected chi connectivity index (χ2v) is 4.07. The Bertz CT molecular complexity index is 636. The van der Waals surface area contributed by atoms with E-state index in [9.17, 15) is 13.6 Å². The van der Waals surface area contributed by atoms with E-state index in [0.717, 1.165) is 5.69 Å². The molecule has 0 bridgehead atoms. The first-order chi connectivity index (χ1) is 10.1. The van der Waals surface area contributed by atoms with Gasteiger partial charge in [0.05, 0.1) is 7.11 Å². The molecule has 0 saturated heterocycles. The highest BCUT2D eigenvalue weighted by Crippen LogP contribution is 2.29. The molecule has 2 rings (SSSR count). The van der Waals surface area contributed by atoms with Crippen molar-refractivity contribution in [1.82, 2.24) is 4.98 Å². The van der Waals surface area contributed by atoms with Crippen molar-refractivity contribution in [3.63, 3.8) is 0 Å². The molecule has 4 nitrogen and oxygen atoms in total. The van der Waals surface area contributed by atoms with Crippen LogP contribution in [0, 0.1) is 0 Å². The van der Waals surface area contributed by atoms with E-state index < -0.39 is 6.61 Å². The van der Waals surface area contributed by atoms with Gasteiger partial charge in [0.15, 0.2) is 17.3 Å². The molecule has 1 N–H and O–H groups in total. The van der Waals surface area contributed by atoms with Gasteiger partial charge in [0.1, 0.15) is 0 Å². The van der Waals surface area contributed by atoms with Crippen LogP contribution in [-0.2, 0) is 0 Å². The third-order valence-electron chi connectivity index (χ3n) is 2.70. The van der Waals surface area contributed by atoms with E-state index in [0.29, 0.717) is 5.56 Å². The highest BCUT2D eigenvalue weighted by atomic mass is 19.3. The van der Waals surface area contributed by atoms with Crippen LogP contribution < -0.4 is 9.47 Å². The third-order valence-corrected chi connectivity index (χ3v) is 2.70. The Balaban J connectivity index is 2.18. The smallest absolute Gasteiger partial charge is 0.387 e. The highest BCUT2D eigenvalue weighted by molar-refractivity contribution is 6.07. The standard InChI is InChI=1S/C15H13F2NO3/c1-20-14-9-10(4-7-13(14)21-15(16)17)12(19)6-5-11-3-2-8-18-11/h2-9,15,18H,1H3/b6-5+. The van der Waals surface area contributed by atoms with Crippen LogP contribution in [0.15, 0.2) is 42.6 Å². The zero-order valence-corrected chi connectivity index (χ0v) is 11.2. The molecule has 110 valence electrons. The maximum Gasteiger partial charge on any atom is 0.387 e. The summed E-state index contributed by atoms with van der Waals surface area (Å²) < 4.78 is 33.7. The van der Waals surface area contributed by atoms with Crippen molar-refractivity contribution < 1.29 is 23.0 Å². The monoisotopic (exact) mass is 293 g/mol. The molecule has 1 heterocycles. The fourth-order valence-electron chi connectivity index (χ4n) is 1.72. The van der Waals surface area contributed by atoms with E-state index in [2.05, 4.69) is 9.72 Å². The number of H-pyrrole nitrogens is 1. The van der Waals surface area contributed by atoms with Crippen molar-refractivity contribution in [2.24, 2.45) is 0 Å². The average Bonchev–Trinajstić information content (AvgIpc) is 2.98. The Labute approximate surface area is 120 Å². The zero-order chi connectivity index (χ0) is 15.2. The number of carbonyl (C=O) groups excluding carboxylic acids is 1. The van der Waals surface area contributed by atoms with Crippen LogP contribution in [0.25, 0.3) is 6.08 Å². The molecule has 0 aliphatic heterocycles. The maximum atomic E-state index is 12.2. The highest BCUT2D eigenvalue weighted by Gasteiger charge is 2.13. The number of nitrogens with one attached hydrogen (secondary N) is 1. The summed E-state index contributed by atoms with van der Waals surface area (Å²) in [4.78, 5) is 14.9. The molecule has 2 aromatic rings. The number of ketones is 1. The third kappa shape index (κ3) is 3.92. The number of benzene rings is 1. The number of allylic oxidation sites excluding steroid dienone is 1. The summed E-state index contributed by atoms with van der Waals surface area (Å²) in [5.41, 5.74) is 1.10. The number of alkyl halides is 2. The summed E-state index contributed by atoms with van der Waals surface area (Å²) in [7, 11) is 1.32. The van der Waals surface area contributed by atoms with Gasteiger partial charge in [0, 0.05) is 17.5 Å². The lowest BCUT2D eigenvalue weighted by molar-refractivity contribution is -0.0512. The van der Waals surface area contributed by atoms with Crippen molar-refractivity contribution in [3.05, 3.63) is 53.9 Å². The molecule has 0 aliphatic carbocycles. The Morgan fingerprint density at radius 3 is 2.71 bits per heavy atom. The van der Waals surface area contributed by atoms with E-state index in [-0.39, 0.29) is 17.3 Å². The van der Waals surface area contributed by atoms with Gasteiger partial charge in [-0.3, -0.25) is 4.79 Å². The van der Waals surface area contributed by atoms with Crippen molar-refractivity contribution in [3.8, 4) is 11.5 Å². The summed E-state index contributed by atoms with van der Waals surface area (Å²) >= 11 is 0. The van der Waals surface area contributed by atoms with Crippen molar-refractivity contribution in [1.29, 1.82) is 0 Å². The summed E-state index contributed by atoms with van der Waals surface area (Å²) in [5, 5.41) is 0. The van der Waals surface area contributed by atoms with Gasteiger partial charge < -0.3 is 14.5 Å². The Hall–Kier alpha value is -2.63. The quantitative estimate of drug-likeness (QED) is 0.655. The fourth-order valence-corrected chi connectivity index (χ4v) is 1.72. The minimum atomic E-state index is -2.95. The lowest BCUT2D eigenvalue weighted by Gasteiger charge is -2.10. The van der Waals surface area contributed by atoms with Gasteiger partial charge in [-0.25, -0.2) is 0 Å². The molecule has 0 atom stereocenters. The van der Waals surface area contributed by atoms with Gasteiger partial charge in [-0.05, 0) is 42.5 Å². The van der Waals surface area contributed by atoms with Crippen LogP contribution in [0.5, 0.6) is 11.5 Å². The predicted molar refractivity (Wildman–Crippen MR) is 73.8 cm³/mol. The second kappa shape index (κ2) is 6.69. The lowest BCUT2D eigenvalue weighted by atomic mass is 10.1. The molecule has 1 aromatic carbocycles. The number of hydrogen-bond acceptors (Lipinski definition) is 3. The topological polar surface area (TPSA) is 51.3 Å². The summed E-state index contributed by atoms with van der Waals surface area (Å²) in [6.45, 7) is -2.95. The van der Waals surface area contributed by atoms with Crippen LogP contribution in [0.2, 0.25) is 0 Å². The normalized spacial score (nSPS) is 11.0. The van der Waals surface area contributed by atoms with Crippen molar-refractivity contribution in [2.45, 2.75) is 6.61 Å². The van der Waals surface area contributed by atoms with Crippen LogP contribution in [0.4, 0.5) is 8.78 Å². The van der Waals surface area contributed by atoms with Crippen LogP contribution in [0.1, 0.15) is 16.1 Å². The Kier molecular flexibility index (Phi) is 4.71. The van der Waals surface area contributed by atoms with E-state index in [1.54, 1.807) is 12.3 Å². The molecular formula is C15H13F2NO3. The zero-order valence-electron chi connectivity index (χ0n) is 11.2. The summed E-state index contributed by atoms with van der Waals surface area (Å²) in [6.07, 6.45) is 4.75. The number of aromatic nitrogens is 1. The number of aromatic amines is 1. The number of carbonyl (C=O) groups is 1. The first-order valence-electron chi connectivity index (χ1n) is 6.09. The average molecular weight is 293 g/mol. The molecule has 21 heavy (non-hydrogen) atoms. The Morgan fingerprint density at radius 2 is 2.10 bits per heavy atom. The van der Waals surface area contributed by atoms with Crippen LogP contribution in [0.3, 0.4) is 0 Å². The van der Waals surface area contributed by atoms with Gasteiger partial charge in [0.2, 0.25) is 0 Å². The van der Waals surface area contributed by atoms with Gasteiger partial charge >= 0.3 is 6.61 Å². The van der Waals surface area contributed by atoms with Crippen molar-refractivity contribution in [2.75, 3.05) is 7.11 Å². The lowest BCUT2D eigenvalue weighted by Crippen LogP contribution is -2.04. The van der Waals surface area contributed by atoms with Crippen molar-refractivity contribution >= 4 is 11.9 Å². The number of hydrogen-bond donors (Lipinski definition) is 1. The number of ether oxygens (including phenoxy) is 2. The molecule has 0 spiro atoms. The molecule has 0 aliphatic rings. The first-order valence-corrected chi connectivity index (χ1v) is 6.09. The van der Waals surface area contributed by atoms with Gasteiger partial charge in [-0.1, -0.05) is 0 Å². The molecule has 0 saturated carbocycles. The second-order valence-electron chi connectivity index (χ2n) is 4.07.